The molecule has 0 radical (unpaired) electrons. The number of hydrogen-bond donors (Lipinski definition) is 1. The van der Waals surface area contributed by atoms with Crippen molar-refractivity contribution in [2.24, 2.45) is 11.7 Å². The lowest BCUT2D eigenvalue weighted by atomic mass is 9.85. The predicted molar refractivity (Wildman–Crippen MR) is 81.9 cm³/mol. The fourth-order valence-electron chi connectivity index (χ4n) is 3.80. The number of anilines is 1. The molecule has 1 aliphatic carbocycles. The Hall–Kier alpha value is -0.730. The molecule has 2 nitrogen and oxygen atoms in total. The van der Waals surface area contributed by atoms with Crippen LogP contribution < -0.4 is 10.6 Å². The average Bonchev–Trinajstić information content (AvgIpc) is 2.85. The van der Waals surface area contributed by atoms with Gasteiger partial charge in [-0.2, -0.15) is 0 Å². The van der Waals surface area contributed by atoms with Crippen LogP contribution in [0.1, 0.15) is 37.7 Å². The fourth-order valence-corrected chi connectivity index (χ4v) is 4.07. The molecule has 3 rings (SSSR count). The lowest BCUT2D eigenvalue weighted by Gasteiger charge is -2.33. The third kappa shape index (κ3) is 2.61. The second kappa shape index (κ2) is 5.72. The molecule has 0 bridgehead atoms. The zero-order valence-corrected chi connectivity index (χ0v) is 12.2. The summed E-state index contributed by atoms with van der Waals surface area (Å²) >= 11 is 6.38. The van der Waals surface area contributed by atoms with E-state index in [2.05, 4.69) is 23.1 Å². The number of halogens is 1. The van der Waals surface area contributed by atoms with E-state index < -0.39 is 0 Å². The molecule has 0 spiro atoms. The minimum absolute atomic E-state index is 0.660. The molecule has 3 heteroatoms. The van der Waals surface area contributed by atoms with E-state index in [1.807, 2.05) is 0 Å². The third-order valence-electron chi connectivity index (χ3n) is 4.79. The van der Waals surface area contributed by atoms with Gasteiger partial charge < -0.3 is 10.6 Å². The van der Waals surface area contributed by atoms with E-state index in [0.717, 1.165) is 23.4 Å². The summed E-state index contributed by atoms with van der Waals surface area (Å²) in [5.41, 5.74) is 8.09. The van der Waals surface area contributed by atoms with Gasteiger partial charge in [0.15, 0.2) is 0 Å². The normalized spacial score (nSPS) is 26.5. The highest BCUT2D eigenvalue weighted by atomic mass is 35.5. The van der Waals surface area contributed by atoms with E-state index in [0.29, 0.717) is 6.54 Å². The van der Waals surface area contributed by atoms with Gasteiger partial charge in [0.2, 0.25) is 0 Å². The summed E-state index contributed by atoms with van der Waals surface area (Å²) < 4.78 is 0. The van der Waals surface area contributed by atoms with Crippen molar-refractivity contribution in [2.75, 3.05) is 18.0 Å². The summed E-state index contributed by atoms with van der Waals surface area (Å²) in [6.07, 6.45) is 7.80. The van der Waals surface area contributed by atoms with Crippen molar-refractivity contribution in [3.8, 4) is 0 Å². The molecule has 1 aromatic carbocycles. The minimum Gasteiger partial charge on any atom is -0.368 e. The van der Waals surface area contributed by atoms with E-state index in [4.69, 9.17) is 17.3 Å². The molecule has 0 amide bonds. The number of rotatable bonds is 3. The Labute approximate surface area is 120 Å². The molecule has 19 heavy (non-hydrogen) atoms. The maximum absolute atomic E-state index is 6.38. The van der Waals surface area contributed by atoms with E-state index in [1.54, 1.807) is 0 Å². The van der Waals surface area contributed by atoms with Crippen molar-refractivity contribution in [2.45, 2.75) is 44.6 Å². The first-order valence-electron chi connectivity index (χ1n) is 7.54. The molecule has 1 saturated carbocycles. The maximum atomic E-state index is 6.38. The lowest BCUT2D eigenvalue weighted by Crippen LogP contribution is -2.34. The second-order valence-corrected chi connectivity index (χ2v) is 6.32. The molecule has 1 aliphatic heterocycles. The van der Waals surface area contributed by atoms with E-state index >= 15 is 0 Å². The van der Waals surface area contributed by atoms with Gasteiger partial charge in [0, 0.05) is 23.3 Å². The van der Waals surface area contributed by atoms with Gasteiger partial charge in [-0.3, -0.25) is 0 Å². The highest BCUT2D eigenvalue weighted by Crippen LogP contribution is 2.39. The SMILES string of the molecule is NCCc1ccc(N2CCC3CCCCC32)cc1Cl. The van der Waals surface area contributed by atoms with Gasteiger partial charge in [-0.25, -0.2) is 0 Å². The van der Waals surface area contributed by atoms with E-state index in [9.17, 15) is 0 Å². The number of nitrogens with two attached hydrogens (primary N) is 1. The number of fused-ring (bicyclic) bond motifs is 1. The molecular formula is C16H23ClN2. The van der Waals surface area contributed by atoms with Crippen LogP contribution in [0.15, 0.2) is 18.2 Å². The molecule has 0 aromatic heterocycles. The Morgan fingerprint density at radius 2 is 2.05 bits per heavy atom. The zero-order chi connectivity index (χ0) is 13.2. The van der Waals surface area contributed by atoms with Crippen LogP contribution in [-0.2, 0) is 6.42 Å². The summed E-state index contributed by atoms with van der Waals surface area (Å²) in [4.78, 5) is 2.59. The van der Waals surface area contributed by atoms with Gasteiger partial charge in [-0.15, -0.1) is 0 Å². The Kier molecular flexibility index (Phi) is 3.99. The monoisotopic (exact) mass is 278 g/mol. The summed E-state index contributed by atoms with van der Waals surface area (Å²) in [5, 5.41) is 0.877. The number of hydrogen-bond acceptors (Lipinski definition) is 2. The molecule has 1 aromatic rings. The summed E-state index contributed by atoms with van der Waals surface area (Å²) in [7, 11) is 0. The average molecular weight is 279 g/mol. The minimum atomic E-state index is 0.660. The van der Waals surface area contributed by atoms with E-state index in [-0.39, 0.29) is 0 Å². The van der Waals surface area contributed by atoms with Crippen molar-refractivity contribution >= 4 is 17.3 Å². The summed E-state index contributed by atoms with van der Waals surface area (Å²) in [6.45, 7) is 1.86. The highest BCUT2D eigenvalue weighted by Gasteiger charge is 2.35. The van der Waals surface area contributed by atoms with Crippen molar-refractivity contribution in [1.82, 2.24) is 0 Å². The van der Waals surface area contributed by atoms with Crippen LogP contribution in [-0.4, -0.2) is 19.1 Å². The summed E-state index contributed by atoms with van der Waals surface area (Å²) in [5.74, 6) is 0.913. The number of nitrogens with zero attached hydrogens (tertiary/aromatic N) is 1. The largest absolute Gasteiger partial charge is 0.368 e. The van der Waals surface area contributed by atoms with Crippen LogP contribution in [0.5, 0.6) is 0 Å². The van der Waals surface area contributed by atoms with E-state index in [1.165, 1.54) is 49.9 Å². The van der Waals surface area contributed by atoms with Crippen molar-refractivity contribution in [1.29, 1.82) is 0 Å². The first kappa shape index (κ1) is 13.3. The van der Waals surface area contributed by atoms with Crippen LogP contribution in [0, 0.1) is 5.92 Å². The third-order valence-corrected chi connectivity index (χ3v) is 5.14. The van der Waals surface area contributed by atoms with Crippen molar-refractivity contribution in [3.63, 3.8) is 0 Å². The Bertz CT molecular complexity index is 446. The molecule has 1 saturated heterocycles. The van der Waals surface area contributed by atoms with Gasteiger partial charge in [-0.05, 0) is 55.8 Å². The fraction of sp³-hybridized carbons (Fsp3) is 0.625. The molecule has 2 atom stereocenters. The van der Waals surface area contributed by atoms with Crippen LogP contribution >= 0.6 is 11.6 Å². The first-order valence-corrected chi connectivity index (χ1v) is 7.92. The quantitative estimate of drug-likeness (QED) is 0.915. The molecule has 2 aliphatic rings. The molecule has 104 valence electrons. The van der Waals surface area contributed by atoms with Crippen LogP contribution in [0.25, 0.3) is 0 Å². The Balaban J connectivity index is 1.80. The van der Waals surface area contributed by atoms with Crippen LogP contribution in [0.2, 0.25) is 5.02 Å². The lowest BCUT2D eigenvalue weighted by molar-refractivity contribution is 0.342. The topological polar surface area (TPSA) is 29.3 Å². The van der Waals surface area contributed by atoms with Gasteiger partial charge in [0.1, 0.15) is 0 Å². The van der Waals surface area contributed by atoms with Crippen LogP contribution in [0.4, 0.5) is 5.69 Å². The molecular weight excluding hydrogens is 256 g/mol. The molecule has 2 unspecified atom stereocenters. The van der Waals surface area contributed by atoms with Crippen LogP contribution in [0.3, 0.4) is 0 Å². The van der Waals surface area contributed by atoms with Gasteiger partial charge >= 0.3 is 0 Å². The van der Waals surface area contributed by atoms with Crippen molar-refractivity contribution < 1.29 is 0 Å². The van der Waals surface area contributed by atoms with Crippen molar-refractivity contribution in [3.05, 3.63) is 28.8 Å². The first-order chi connectivity index (χ1) is 9.29. The van der Waals surface area contributed by atoms with Gasteiger partial charge in [0.05, 0.1) is 0 Å². The zero-order valence-electron chi connectivity index (χ0n) is 11.4. The smallest absolute Gasteiger partial charge is 0.0459 e. The molecule has 2 fully saturated rings. The Morgan fingerprint density at radius 3 is 2.84 bits per heavy atom. The standard InChI is InChI=1S/C16H23ClN2/c17-15-11-14(6-5-12(15)7-9-18)19-10-8-13-3-1-2-4-16(13)19/h5-6,11,13,16H,1-4,7-10,18H2. The number of benzene rings is 1. The maximum Gasteiger partial charge on any atom is 0.0459 e. The summed E-state index contributed by atoms with van der Waals surface area (Å²) in [6, 6.07) is 7.28. The molecule has 1 heterocycles. The second-order valence-electron chi connectivity index (χ2n) is 5.91. The Morgan fingerprint density at radius 1 is 1.21 bits per heavy atom. The highest BCUT2D eigenvalue weighted by molar-refractivity contribution is 6.31. The predicted octanol–water partition coefficient (Wildman–Crippen LogP) is 3.61. The van der Waals surface area contributed by atoms with Gasteiger partial charge in [-0.1, -0.05) is 30.5 Å². The molecule has 2 N–H and O–H groups in total. The van der Waals surface area contributed by atoms with Gasteiger partial charge in [0.25, 0.3) is 0 Å².